The fraction of sp³-hybridized carbons (Fsp3) is 0.188. The molecular weight excluding hydrogens is 336 g/mol. The Bertz CT molecular complexity index is 802. The summed E-state index contributed by atoms with van der Waals surface area (Å²) in [5.41, 5.74) is 1.94. The first-order valence-electron chi connectivity index (χ1n) is 6.92. The summed E-state index contributed by atoms with van der Waals surface area (Å²) in [6.07, 6.45) is 0. The number of anilines is 2. The van der Waals surface area contributed by atoms with Crippen LogP contribution >= 0.6 is 11.6 Å². The van der Waals surface area contributed by atoms with Crippen LogP contribution in [0, 0.1) is 6.92 Å². The zero-order valence-corrected chi connectivity index (χ0v) is 14.3. The van der Waals surface area contributed by atoms with E-state index in [1.165, 1.54) is 24.3 Å². The van der Waals surface area contributed by atoms with Crippen molar-refractivity contribution in [1.82, 2.24) is 0 Å². The van der Waals surface area contributed by atoms with E-state index in [1.807, 2.05) is 13.0 Å². The average Bonchev–Trinajstić information content (AvgIpc) is 2.47. The van der Waals surface area contributed by atoms with Crippen LogP contribution in [-0.2, 0) is 14.8 Å². The van der Waals surface area contributed by atoms with Crippen molar-refractivity contribution in [2.75, 3.05) is 10.0 Å². The Morgan fingerprint density at radius 1 is 1.09 bits per heavy atom. The Morgan fingerprint density at radius 3 is 2.30 bits per heavy atom. The van der Waals surface area contributed by atoms with Gasteiger partial charge in [0.15, 0.2) is 0 Å². The van der Waals surface area contributed by atoms with Crippen LogP contribution in [0.25, 0.3) is 0 Å². The number of hydrogen-bond donors (Lipinski definition) is 2. The summed E-state index contributed by atoms with van der Waals surface area (Å²) in [7, 11) is -3.68. The molecule has 2 aromatic carbocycles. The van der Waals surface area contributed by atoms with Gasteiger partial charge in [-0.15, -0.1) is 11.6 Å². The van der Waals surface area contributed by atoms with Crippen LogP contribution in [0.4, 0.5) is 11.4 Å². The number of carbonyl (C=O) groups excluding carboxylic acids is 1. The molecule has 0 aliphatic carbocycles. The van der Waals surface area contributed by atoms with E-state index < -0.39 is 15.4 Å². The molecule has 0 bridgehead atoms. The number of alkyl halides is 1. The molecular formula is C16H17ClN2O3S. The standard InChI is InChI=1S/C16H17ClN2O3S/c1-11-4-3-5-14(10-11)19-23(21,22)15-8-6-13(7-9-15)18-16(20)12(2)17/h3-10,12,19H,1-2H3,(H,18,20)/t12-/m0/s1. The van der Waals surface area contributed by atoms with Crippen LogP contribution < -0.4 is 10.0 Å². The second kappa shape index (κ2) is 7.02. The van der Waals surface area contributed by atoms with Gasteiger partial charge in [0.05, 0.1) is 4.90 Å². The third-order valence-electron chi connectivity index (χ3n) is 3.06. The molecule has 2 N–H and O–H groups in total. The van der Waals surface area contributed by atoms with Crippen molar-refractivity contribution in [3.8, 4) is 0 Å². The molecule has 0 aromatic heterocycles. The van der Waals surface area contributed by atoms with Crippen molar-refractivity contribution in [2.24, 2.45) is 0 Å². The smallest absolute Gasteiger partial charge is 0.261 e. The number of hydrogen-bond acceptors (Lipinski definition) is 3. The largest absolute Gasteiger partial charge is 0.325 e. The maximum absolute atomic E-state index is 12.3. The third kappa shape index (κ3) is 4.71. The summed E-state index contributed by atoms with van der Waals surface area (Å²) < 4.78 is 27.2. The average molecular weight is 353 g/mol. The minimum Gasteiger partial charge on any atom is -0.325 e. The highest BCUT2D eigenvalue weighted by atomic mass is 35.5. The van der Waals surface area contributed by atoms with Gasteiger partial charge in [-0.25, -0.2) is 8.42 Å². The lowest BCUT2D eigenvalue weighted by Gasteiger charge is -2.10. The lowest BCUT2D eigenvalue weighted by molar-refractivity contribution is -0.115. The molecule has 2 rings (SSSR count). The number of rotatable bonds is 5. The predicted octanol–water partition coefficient (Wildman–Crippen LogP) is 3.36. The van der Waals surface area contributed by atoms with Gasteiger partial charge in [0.25, 0.3) is 10.0 Å². The number of amides is 1. The quantitative estimate of drug-likeness (QED) is 0.810. The van der Waals surface area contributed by atoms with Crippen molar-refractivity contribution in [1.29, 1.82) is 0 Å². The number of halogens is 1. The van der Waals surface area contributed by atoms with Gasteiger partial charge in [0, 0.05) is 11.4 Å². The molecule has 1 atom stereocenters. The molecule has 0 heterocycles. The SMILES string of the molecule is Cc1cccc(NS(=O)(=O)c2ccc(NC(=O)[C@H](C)Cl)cc2)c1. The first-order chi connectivity index (χ1) is 10.8. The molecule has 0 saturated carbocycles. The van der Waals surface area contributed by atoms with Gasteiger partial charge >= 0.3 is 0 Å². The second-order valence-electron chi connectivity index (χ2n) is 5.10. The van der Waals surface area contributed by atoms with E-state index in [0.29, 0.717) is 11.4 Å². The van der Waals surface area contributed by atoms with E-state index >= 15 is 0 Å². The molecule has 23 heavy (non-hydrogen) atoms. The number of sulfonamides is 1. The fourth-order valence-electron chi connectivity index (χ4n) is 1.88. The summed E-state index contributed by atoms with van der Waals surface area (Å²) >= 11 is 5.67. The number of carbonyl (C=O) groups is 1. The van der Waals surface area contributed by atoms with Gasteiger partial charge in [-0.2, -0.15) is 0 Å². The summed E-state index contributed by atoms with van der Waals surface area (Å²) in [5, 5.41) is 1.93. The first kappa shape index (κ1) is 17.3. The Labute approximate surface area is 140 Å². The Balaban J connectivity index is 2.16. The van der Waals surface area contributed by atoms with Gasteiger partial charge in [-0.05, 0) is 55.8 Å². The zero-order valence-electron chi connectivity index (χ0n) is 12.7. The molecule has 5 nitrogen and oxygen atoms in total. The van der Waals surface area contributed by atoms with Crippen LogP contribution in [0.15, 0.2) is 53.4 Å². The molecule has 0 aliphatic rings. The third-order valence-corrected chi connectivity index (χ3v) is 4.66. The van der Waals surface area contributed by atoms with Crippen LogP contribution in [-0.4, -0.2) is 19.7 Å². The van der Waals surface area contributed by atoms with E-state index in [4.69, 9.17) is 11.6 Å². The molecule has 2 aromatic rings. The van der Waals surface area contributed by atoms with E-state index in [2.05, 4.69) is 10.0 Å². The number of benzene rings is 2. The minimum absolute atomic E-state index is 0.107. The van der Waals surface area contributed by atoms with Crippen LogP contribution in [0.1, 0.15) is 12.5 Å². The van der Waals surface area contributed by atoms with Crippen molar-refractivity contribution in [3.05, 3.63) is 54.1 Å². The summed E-state index contributed by atoms with van der Waals surface area (Å²) in [4.78, 5) is 11.6. The highest BCUT2D eigenvalue weighted by molar-refractivity contribution is 7.92. The maximum Gasteiger partial charge on any atom is 0.261 e. The lowest BCUT2D eigenvalue weighted by Crippen LogP contribution is -2.20. The second-order valence-corrected chi connectivity index (χ2v) is 7.44. The summed E-state index contributed by atoms with van der Waals surface area (Å²) in [5.74, 6) is -0.347. The van der Waals surface area contributed by atoms with Crippen molar-refractivity contribution >= 4 is 38.9 Å². The van der Waals surface area contributed by atoms with Gasteiger partial charge in [0.2, 0.25) is 5.91 Å². The van der Waals surface area contributed by atoms with Crippen LogP contribution in [0.5, 0.6) is 0 Å². The van der Waals surface area contributed by atoms with E-state index in [0.717, 1.165) is 5.56 Å². The molecule has 122 valence electrons. The molecule has 0 unspecified atom stereocenters. The molecule has 0 fully saturated rings. The minimum atomic E-state index is -3.68. The van der Waals surface area contributed by atoms with Gasteiger partial charge in [-0.1, -0.05) is 12.1 Å². The zero-order chi connectivity index (χ0) is 17.0. The topological polar surface area (TPSA) is 75.3 Å². The van der Waals surface area contributed by atoms with Crippen molar-refractivity contribution < 1.29 is 13.2 Å². The highest BCUT2D eigenvalue weighted by Gasteiger charge is 2.15. The molecule has 0 radical (unpaired) electrons. The number of aryl methyl sites for hydroxylation is 1. The molecule has 0 aliphatic heterocycles. The molecule has 0 saturated heterocycles. The monoisotopic (exact) mass is 352 g/mol. The lowest BCUT2D eigenvalue weighted by atomic mass is 10.2. The molecule has 1 amide bonds. The number of nitrogens with one attached hydrogen (secondary N) is 2. The summed E-state index contributed by atoms with van der Waals surface area (Å²) in [6, 6.07) is 13.0. The normalized spacial score (nSPS) is 12.5. The fourth-order valence-corrected chi connectivity index (χ4v) is 2.99. The van der Waals surface area contributed by atoms with Gasteiger partial charge in [0.1, 0.15) is 5.38 Å². The van der Waals surface area contributed by atoms with Crippen molar-refractivity contribution in [3.63, 3.8) is 0 Å². The first-order valence-corrected chi connectivity index (χ1v) is 8.84. The van der Waals surface area contributed by atoms with E-state index in [-0.39, 0.29) is 10.8 Å². The Kier molecular flexibility index (Phi) is 5.28. The van der Waals surface area contributed by atoms with Crippen LogP contribution in [0.2, 0.25) is 0 Å². The van der Waals surface area contributed by atoms with Crippen LogP contribution in [0.3, 0.4) is 0 Å². The van der Waals surface area contributed by atoms with Gasteiger partial charge < -0.3 is 5.32 Å². The van der Waals surface area contributed by atoms with E-state index in [9.17, 15) is 13.2 Å². The molecule has 0 spiro atoms. The Hall–Kier alpha value is -2.05. The predicted molar refractivity (Wildman–Crippen MR) is 92.4 cm³/mol. The summed E-state index contributed by atoms with van der Waals surface area (Å²) in [6.45, 7) is 3.44. The van der Waals surface area contributed by atoms with E-state index in [1.54, 1.807) is 25.1 Å². The maximum atomic E-state index is 12.3. The highest BCUT2D eigenvalue weighted by Crippen LogP contribution is 2.19. The Morgan fingerprint density at radius 2 is 1.74 bits per heavy atom. The van der Waals surface area contributed by atoms with Gasteiger partial charge in [-0.3, -0.25) is 9.52 Å². The molecule has 7 heteroatoms. The van der Waals surface area contributed by atoms with Crippen molar-refractivity contribution in [2.45, 2.75) is 24.1 Å².